The number of alkyl halides is 2. The van der Waals surface area contributed by atoms with E-state index in [1.807, 2.05) is 0 Å². The van der Waals surface area contributed by atoms with Crippen LogP contribution < -0.4 is 14.8 Å². The van der Waals surface area contributed by atoms with Crippen molar-refractivity contribution in [1.82, 2.24) is 4.90 Å². The number of benzene rings is 1. The Morgan fingerprint density at radius 3 is 2.48 bits per heavy atom. The molecule has 1 aliphatic heterocycles. The van der Waals surface area contributed by atoms with Crippen molar-refractivity contribution in [2.75, 3.05) is 19.4 Å². The Labute approximate surface area is 142 Å². The second kappa shape index (κ2) is 7.12. The van der Waals surface area contributed by atoms with Crippen molar-refractivity contribution in [2.45, 2.75) is 6.29 Å². The molecule has 0 fully saturated rings. The molecule has 0 radical (unpaired) electrons. The molecule has 0 aliphatic carbocycles. The Morgan fingerprint density at radius 2 is 1.80 bits per heavy atom. The molecular formula is C16H15F2N3O4. The Morgan fingerprint density at radius 1 is 1.16 bits per heavy atom. The van der Waals surface area contributed by atoms with Crippen LogP contribution >= 0.6 is 0 Å². The van der Waals surface area contributed by atoms with Gasteiger partial charge in [-0.3, -0.25) is 15.0 Å². The topological polar surface area (TPSA) is 91.7 Å². The second-order valence-corrected chi connectivity index (χ2v) is 5.19. The Balaban J connectivity index is 1.94. The van der Waals surface area contributed by atoms with E-state index in [0.717, 1.165) is 12.2 Å². The number of rotatable bonds is 7. The number of allylic oxidation sites excluding steroid dienone is 2. The van der Waals surface area contributed by atoms with Crippen LogP contribution in [0.2, 0.25) is 0 Å². The minimum absolute atomic E-state index is 0.101. The molecule has 25 heavy (non-hydrogen) atoms. The summed E-state index contributed by atoms with van der Waals surface area (Å²) in [6.07, 6.45) is 1.01. The van der Waals surface area contributed by atoms with E-state index in [9.17, 15) is 18.4 Å². The average molecular weight is 351 g/mol. The molecule has 1 heterocycles. The zero-order valence-electron chi connectivity index (χ0n) is 13.4. The Bertz CT molecular complexity index is 773. The average Bonchev–Trinajstić information content (AvgIpc) is 2.84. The second-order valence-electron chi connectivity index (χ2n) is 5.19. The predicted molar refractivity (Wildman–Crippen MR) is 86.0 cm³/mol. The quantitative estimate of drug-likeness (QED) is 0.444. The summed E-state index contributed by atoms with van der Waals surface area (Å²) in [5, 5.41) is 10.2. The van der Waals surface area contributed by atoms with E-state index in [4.69, 9.17) is 5.41 Å². The van der Waals surface area contributed by atoms with E-state index in [1.54, 1.807) is 19.0 Å². The molecule has 0 spiro atoms. The standard InChI is InChI=1S/C16H15F2N3O4/c1-21(2)8-6-12(23)15(19)11(22)5-7-20-10-3-4-13-14(9-10)25-16(17,18)24-13/h3-9,19-20H,1-2H3/b7-5-,8-6+,19-15?. The number of ether oxygens (including phenoxy) is 2. The fourth-order valence-corrected chi connectivity index (χ4v) is 1.76. The molecule has 0 bridgehead atoms. The molecular weight excluding hydrogens is 336 g/mol. The van der Waals surface area contributed by atoms with Crippen LogP contribution in [0.1, 0.15) is 0 Å². The Kier molecular flexibility index (Phi) is 5.16. The molecule has 132 valence electrons. The number of hydrogen-bond donors (Lipinski definition) is 2. The van der Waals surface area contributed by atoms with Gasteiger partial charge in [0.25, 0.3) is 0 Å². The summed E-state index contributed by atoms with van der Waals surface area (Å²) in [6, 6.07) is 3.99. The first-order valence-corrected chi connectivity index (χ1v) is 7.03. The largest absolute Gasteiger partial charge is 0.586 e. The fraction of sp³-hybridized carbons (Fsp3) is 0.188. The molecule has 0 aromatic heterocycles. The highest BCUT2D eigenvalue weighted by Gasteiger charge is 2.43. The van der Waals surface area contributed by atoms with Crippen LogP contribution in [0.25, 0.3) is 0 Å². The molecule has 0 amide bonds. The molecule has 1 aliphatic rings. The predicted octanol–water partition coefficient (Wildman–Crippen LogP) is 2.17. The van der Waals surface area contributed by atoms with Crippen molar-refractivity contribution >= 4 is 23.0 Å². The fourth-order valence-electron chi connectivity index (χ4n) is 1.76. The zero-order chi connectivity index (χ0) is 18.6. The van der Waals surface area contributed by atoms with Gasteiger partial charge in [-0.05, 0) is 12.1 Å². The van der Waals surface area contributed by atoms with E-state index in [1.165, 1.54) is 30.6 Å². The summed E-state index contributed by atoms with van der Waals surface area (Å²) >= 11 is 0. The van der Waals surface area contributed by atoms with Gasteiger partial charge in [0.2, 0.25) is 11.6 Å². The van der Waals surface area contributed by atoms with Gasteiger partial charge in [0, 0.05) is 50.4 Å². The van der Waals surface area contributed by atoms with Gasteiger partial charge in [0.1, 0.15) is 5.71 Å². The van der Waals surface area contributed by atoms with Crippen LogP contribution in [0, 0.1) is 5.41 Å². The van der Waals surface area contributed by atoms with E-state index in [0.29, 0.717) is 5.69 Å². The summed E-state index contributed by atoms with van der Waals surface area (Å²) in [4.78, 5) is 24.9. The first-order chi connectivity index (χ1) is 11.7. The van der Waals surface area contributed by atoms with E-state index >= 15 is 0 Å². The molecule has 0 saturated carbocycles. The van der Waals surface area contributed by atoms with E-state index in [-0.39, 0.29) is 11.5 Å². The van der Waals surface area contributed by atoms with Crippen LogP contribution in [0.5, 0.6) is 11.5 Å². The SMILES string of the molecule is CN(C)/C=C/C(=O)C(=N)C(=O)/C=C\Nc1ccc2c(c1)OC(F)(F)O2. The number of anilines is 1. The third-order valence-electron chi connectivity index (χ3n) is 2.90. The van der Waals surface area contributed by atoms with Gasteiger partial charge < -0.3 is 19.7 Å². The zero-order valence-corrected chi connectivity index (χ0v) is 13.4. The van der Waals surface area contributed by atoms with Gasteiger partial charge in [-0.2, -0.15) is 0 Å². The molecule has 7 nitrogen and oxygen atoms in total. The number of hydrogen-bond acceptors (Lipinski definition) is 7. The van der Waals surface area contributed by atoms with Gasteiger partial charge in [0.05, 0.1) is 0 Å². The highest BCUT2D eigenvalue weighted by Crippen LogP contribution is 2.42. The highest BCUT2D eigenvalue weighted by atomic mass is 19.3. The lowest BCUT2D eigenvalue weighted by atomic mass is 10.1. The molecule has 2 N–H and O–H groups in total. The molecule has 0 atom stereocenters. The van der Waals surface area contributed by atoms with Crippen molar-refractivity contribution in [1.29, 1.82) is 5.41 Å². The van der Waals surface area contributed by atoms with Crippen molar-refractivity contribution in [3.05, 3.63) is 42.8 Å². The van der Waals surface area contributed by atoms with Crippen molar-refractivity contribution in [2.24, 2.45) is 0 Å². The van der Waals surface area contributed by atoms with Crippen molar-refractivity contribution in [3.8, 4) is 11.5 Å². The van der Waals surface area contributed by atoms with Crippen molar-refractivity contribution in [3.63, 3.8) is 0 Å². The van der Waals surface area contributed by atoms with Crippen molar-refractivity contribution < 1.29 is 27.8 Å². The number of ketones is 2. The van der Waals surface area contributed by atoms with E-state index < -0.39 is 23.6 Å². The molecule has 9 heteroatoms. The number of nitrogens with one attached hydrogen (secondary N) is 2. The number of carbonyl (C=O) groups excluding carboxylic acids is 2. The highest BCUT2D eigenvalue weighted by molar-refractivity contribution is 6.69. The number of carbonyl (C=O) groups is 2. The van der Waals surface area contributed by atoms with Crippen LogP contribution in [0.15, 0.2) is 42.8 Å². The maximum absolute atomic E-state index is 12.9. The summed E-state index contributed by atoms with van der Waals surface area (Å²) in [5.41, 5.74) is -0.337. The monoisotopic (exact) mass is 351 g/mol. The minimum Gasteiger partial charge on any atom is -0.395 e. The molecule has 0 saturated heterocycles. The number of fused-ring (bicyclic) bond motifs is 1. The summed E-state index contributed by atoms with van der Waals surface area (Å²) < 4.78 is 34.4. The normalized spacial score (nSPS) is 14.7. The lowest BCUT2D eigenvalue weighted by Gasteiger charge is -2.04. The van der Waals surface area contributed by atoms with Crippen LogP contribution in [0.3, 0.4) is 0 Å². The Hall–Kier alpha value is -3.23. The minimum atomic E-state index is -3.71. The third kappa shape index (κ3) is 4.87. The van der Waals surface area contributed by atoms with Crippen LogP contribution in [0.4, 0.5) is 14.5 Å². The lowest BCUT2D eigenvalue weighted by Crippen LogP contribution is -2.25. The summed E-state index contributed by atoms with van der Waals surface area (Å²) in [5.74, 6) is -1.77. The van der Waals surface area contributed by atoms with Crippen LogP contribution in [-0.4, -0.2) is 42.6 Å². The van der Waals surface area contributed by atoms with Gasteiger partial charge in [0.15, 0.2) is 11.5 Å². The van der Waals surface area contributed by atoms with Gasteiger partial charge >= 0.3 is 6.29 Å². The maximum atomic E-state index is 12.9. The molecule has 1 aromatic rings. The summed E-state index contributed by atoms with van der Waals surface area (Å²) in [7, 11) is 3.39. The van der Waals surface area contributed by atoms with Gasteiger partial charge in [-0.1, -0.05) is 0 Å². The molecule has 1 aromatic carbocycles. The lowest BCUT2D eigenvalue weighted by molar-refractivity contribution is -0.286. The first kappa shape index (κ1) is 18.1. The van der Waals surface area contributed by atoms with Gasteiger partial charge in [-0.15, -0.1) is 8.78 Å². The summed E-state index contributed by atoms with van der Waals surface area (Å²) in [6.45, 7) is 0. The smallest absolute Gasteiger partial charge is 0.395 e. The molecule has 0 unspecified atom stereocenters. The van der Waals surface area contributed by atoms with Gasteiger partial charge in [-0.25, -0.2) is 0 Å². The van der Waals surface area contributed by atoms with E-state index in [2.05, 4.69) is 14.8 Å². The number of nitrogens with zero attached hydrogens (tertiary/aromatic N) is 1. The number of halogens is 2. The van der Waals surface area contributed by atoms with Crippen LogP contribution in [-0.2, 0) is 9.59 Å². The molecule has 2 rings (SSSR count). The third-order valence-corrected chi connectivity index (χ3v) is 2.90. The maximum Gasteiger partial charge on any atom is 0.586 e. The first-order valence-electron chi connectivity index (χ1n) is 7.03.